The topological polar surface area (TPSA) is 23.5 Å². The molecule has 0 radical (unpaired) electrons. The SMILES string of the molecule is CC(C)N1CCC(F)(F)C(C(C)(C)O)C1. The maximum Gasteiger partial charge on any atom is 0.256 e. The van der Waals surface area contributed by atoms with Gasteiger partial charge in [-0.15, -0.1) is 0 Å². The van der Waals surface area contributed by atoms with E-state index in [0.29, 0.717) is 6.54 Å². The maximum atomic E-state index is 13.6. The molecular formula is C11H21F2NO. The zero-order valence-electron chi connectivity index (χ0n) is 9.93. The Kier molecular flexibility index (Phi) is 3.41. The van der Waals surface area contributed by atoms with Crippen molar-refractivity contribution in [2.24, 2.45) is 5.92 Å². The lowest BCUT2D eigenvalue weighted by atomic mass is 9.81. The van der Waals surface area contributed by atoms with Gasteiger partial charge < -0.3 is 10.0 Å². The summed E-state index contributed by atoms with van der Waals surface area (Å²) in [6.45, 7) is 7.60. The molecule has 0 aromatic carbocycles. The Balaban J connectivity index is 2.80. The molecule has 1 fully saturated rings. The second-order valence-corrected chi connectivity index (χ2v) is 5.31. The molecule has 1 N–H and O–H groups in total. The second-order valence-electron chi connectivity index (χ2n) is 5.31. The van der Waals surface area contributed by atoms with E-state index in [-0.39, 0.29) is 19.0 Å². The van der Waals surface area contributed by atoms with E-state index in [4.69, 9.17) is 0 Å². The van der Waals surface area contributed by atoms with E-state index in [1.807, 2.05) is 18.7 Å². The summed E-state index contributed by atoms with van der Waals surface area (Å²) < 4.78 is 27.2. The lowest BCUT2D eigenvalue weighted by Gasteiger charge is -2.44. The molecule has 1 aliphatic heterocycles. The van der Waals surface area contributed by atoms with Crippen molar-refractivity contribution in [2.75, 3.05) is 13.1 Å². The molecule has 1 rings (SSSR count). The van der Waals surface area contributed by atoms with Crippen LogP contribution in [0.4, 0.5) is 8.78 Å². The summed E-state index contributed by atoms with van der Waals surface area (Å²) in [6, 6.07) is 0.256. The van der Waals surface area contributed by atoms with E-state index in [2.05, 4.69) is 0 Å². The quantitative estimate of drug-likeness (QED) is 0.772. The highest BCUT2D eigenvalue weighted by Crippen LogP contribution is 2.39. The molecule has 0 amide bonds. The van der Waals surface area contributed by atoms with E-state index in [0.717, 1.165) is 0 Å². The van der Waals surface area contributed by atoms with Gasteiger partial charge in [0.1, 0.15) is 0 Å². The van der Waals surface area contributed by atoms with E-state index >= 15 is 0 Å². The third-order valence-electron chi connectivity index (χ3n) is 3.24. The van der Waals surface area contributed by atoms with Gasteiger partial charge in [0.25, 0.3) is 5.92 Å². The highest BCUT2D eigenvalue weighted by atomic mass is 19.3. The molecule has 1 aliphatic rings. The summed E-state index contributed by atoms with van der Waals surface area (Å²) in [6.07, 6.45) is -0.153. The molecular weight excluding hydrogens is 200 g/mol. The van der Waals surface area contributed by atoms with Crippen LogP contribution in [0, 0.1) is 5.92 Å². The van der Waals surface area contributed by atoms with Crippen molar-refractivity contribution in [3.8, 4) is 0 Å². The first kappa shape index (κ1) is 12.8. The molecule has 1 unspecified atom stereocenters. The minimum atomic E-state index is -2.75. The maximum absolute atomic E-state index is 13.6. The summed E-state index contributed by atoms with van der Waals surface area (Å²) in [7, 11) is 0. The molecule has 1 saturated heterocycles. The van der Waals surface area contributed by atoms with Crippen LogP contribution in [0.15, 0.2) is 0 Å². The third-order valence-corrected chi connectivity index (χ3v) is 3.24. The number of aliphatic hydroxyl groups is 1. The van der Waals surface area contributed by atoms with Crippen LogP contribution in [0.25, 0.3) is 0 Å². The number of likely N-dealkylation sites (tertiary alicyclic amines) is 1. The van der Waals surface area contributed by atoms with E-state index in [1.54, 1.807) is 0 Å². The highest BCUT2D eigenvalue weighted by Gasteiger charge is 2.50. The Hall–Kier alpha value is -0.220. The lowest BCUT2D eigenvalue weighted by Crippen LogP contribution is -2.56. The first-order valence-corrected chi connectivity index (χ1v) is 5.49. The smallest absolute Gasteiger partial charge is 0.256 e. The Morgan fingerprint density at radius 3 is 2.33 bits per heavy atom. The number of piperidine rings is 1. The Labute approximate surface area is 90.3 Å². The van der Waals surface area contributed by atoms with Gasteiger partial charge in [-0.25, -0.2) is 8.78 Å². The van der Waals surface area contributed by atoms with Crippen LogP contribution in [-0.4, -0.2) is 40.7 Å². The summed E-state index contributed by atoms with van der Waals surface area (Å²) in [5.41, 5.74) is -1.32. The van der Waals surface area contributed by atoms with Crippen LogP contribution in [0.2, 0.25) is 0 Å². The molecule has 15 heavy (non-hydrogen) atoms. The summed E-state index contributed by atoms with van der Waals surface area (Å²) in [5.74, 6) is -3.72. The second kappa shape index (κ2) is 3.98. The van der Waals surface area contributed by atoms with Gasteiger partial charge in [0.15, 0.2) is 0 Å². The molecule has 0 saturated carbocycles. The average molecular weight is 221 g/mol. The third kappa shape index (κ3) is 2.88. The number of hydrogen-bond acceptors (Lipinski definition) is 2. The predicted molar refractivity (Wildman–Crippen MR) is 56.1 cm³/mol. The minimum Gasteiger partial charge on any atom is -0.390 e. The van der Waals surface area contributed by atoms with Crippen LogP contribution in [0.3, 0.4) is 0 Å². The van der Waals surface area contributed by atoms with Crippen LogP contribution in [-0.2, 0) is 0 Å². The van der Waals surface area contributed by atoms with Crippen LogP contribution in [0.1, 0.15) is 34.1 Å². The molecule has 4 heteroatoms. The van der Waals surface area contributed by atoms with Gasteiger partial charge in [-0.1, -0.05) is 0 Å². The molecule has 1 heterocycles. The normalized spacial score (nSPS) is 28.4. The number of nitrogens with zero attached hydrogens (tertiary/aromatic N) is 1. The van der Waals surface area contributed by atoms with Crippen molar-refractivity contribution < 1.29 is 13.9 Å². The summed E-state index contributed by atoms with van der Waals surface area (Å²) in [4.78, 5) is 2.00. The van der Waals surface area contributed by atoms with Gasteiger partial charge in [-0.3, -0.25) is 0 Å². The fraction of sp³-hybridized carbons (Fsp3) is 1.00. The Bertz CT molecular complexity index is 223. The molecule has 0 aromatic rings. The van der Waals surface area contributed by atoms with Crippen LogP contribution < -0.4 is 0 Å². The van der Waals surface area contributed by atoms with Crippen molar-refractivity contribution in [2.45, 2.75) is 51.7 Å². The summed E-state index contributed by atoms with van der Waals surface area (Å²) >= 11 is 0. The molecule has 1 atom stereocenters. The minimum absolute atomic E-state index is 0.153. The van der Waals surface area contributed by atoms with Gasteiger partial charge >= 0.3 is 0 Å². The fourth-order valence-electron chi connectivity index (χ4n) is 2.14. The monoisotopic (exact) mass is 221 g/mol. The zero-order chi connectivity index (χ0) is 11.9. The van der Waals surface area contributed by atoms with Gasteiger partial charge in [-0.2, -0.15) is 0 Å². The zero-order valence-corrected chi connectivity index (χ0v) is 9.93. The standard InChI is InChI=1S/C11H21F2NO/c1-8(2)14-6-5-11(12,13)9(7-14)10(3,4)15/h8-9,15H,5-7H2,1-4H3. The lowest BCUT2D eigenvalue weighted by molar-refractivity contribution is -0.173. The van der Waals surface area contributed by atoms with E-state index in [9.17, 15) is 13.9 Å². The average Bonchev–Trinajstić information content (AvgIpc) is 2.00. The van der Waals surface area contributed by atoms with E-state index in [1.165, 1.54) is 13.8 Å². The van der Waals surface area contributed by atoms with Crippen molar-refractivity contribution in [3.63, 3.8) is 0 Å². The first-order valence-electron chi connectivity index (χ1n) is 5.49. The van der Waals surface area contributed by atoms with Gasteiger partial charge in [0.05, 0.1) is 11.5 Å². The number of alkyl halides is 2. The van der Waals surface area contributed by atoms with Crippen molar-refractivity contribution in [1.29, 1.82) is 0 Å². The van der Waals surface area contributed by atoms with Crippen LogP contribution >= 0.6 is 0 Å². The largest absolute Gasteiger partial charge is 0.390 e. The number of rotatable bonds is 2. The predicted octanol–water partition coefficient (Wildman–Crippen LogP) is 2.12. The van der Waals surface area contributed by atoms with E-state index < -0.39 is 17.4 Å². The molecule has 0 spiro atoms. The number of hydrogen-bond donors (Lipinski definition) is 1. The van der Waals surface area contributed by atoms with Crippen molar-refractivity contribution in [1.82, 2.24) is 4.90 Å². The molecule has 0 aromatic heterocycles. The van der Waals surface area contributed by atoms with Gasteiger partial charge in [0, 0.05) is 25.6 Å². The molecule has 2 nitrogen and oxygen atoms in total. The molecule has 0 bridgehead atoms. The highest BCUT2D eigenvalue weighted by molar-refractivity contribution is 4.95. The Morgan fingerprint density at radius 2 is 1.93 bits per heavy atom. The molecule has 0 aliphatic carbocycles. The van der Waals surface area contributed by atoms with Crippen molar-refractivity contribution >= 4 is 0 Å². The van der Waals surface area contributed by atoms with Crippen LogP contribution in [0.5, 0.6) is 0 Å². The van der Waals surface area contributed by atoms with Gasteiger partial charge in [0.2, 0.25) is 0 Å². The Morgan fingerprint density at radius 1 is 1.40 bits per heavy atom. The summed E-state index contributed by atoms with van der Waals surface area (Å²) in [5, 5.41) is 9.77. The number of halogens is 2. The fourth-order valence-corrected chi connectivity index (χ4v) is 2.14. The molecule has 90 valence electrons. The van der Waals surface area contributed by atoms with Crippen molar-refractivity contribution in [3.05, 3.63) is 0 Å². The first-order chi connectivity index (χ1) is 6.64. The van der Waals surface area contributed by atoms with Gasteiger partial charge in [-0.05, 0) is 27.7 Å².